The van der Waals surface area contributed by atoms with E-state index in [0.29, 0.717) is 45.1 Å². The first-order valence-electron chi connectivity index (χ1n) is 9.84. The van der Waals surface area contributed by atoms with Crippen LogP contribution < -0.4 is 5.73 Å². The Morgan fingerprint density at radius 2 is 2.00 bits per heavy atom. The van der Waals surface area contributed by atoms with Crippen LogP contribution in [0.4, 0.5) is 13.2 Å². The number of halogens is 3. The van der Waals surface area contributed by atoms with Gasteiger partial charge in [0.2, 0.25) is 0 Å². The van der Waals surface area contributed by atoms with Gasteiger partial charge in [-0.3, -0.25) is 9.58 Å². The lowest BCUT2D eigenvalue weighted by Gasteiger charge is -2.38. The smallest absolute Gasteiger partial charge is 0.161 e. The molecule has 2 aliphatic heterocycles. The molecule has 1 aromatic heterocycles. The second-order valence-corrected chi connectivity index (χ2v) is 7.89. The molecule has 158 valence electrons. The van der Waals surface area contributed by atoms with E-state index in [1.165, 1.54) is 0 Å². The van der Waals surface area contributed by atoms with Crippen LogP contribution in [-0.4, -0.2) is 44.6 Å². The maximum atomic E-state index is 14.1. The van der Waals surface area contributed by atoms with Crippen LogP contribution in [-0.2, 0) is 24.4 Å². The fourth-order valence-corrected chi connectivity index (χ4v) is 4.11. The Balaban J connectivity index is 1.39. The SMILES string of the molecule is CC[C@H](O)Cn1cc2c(n1)CN([C@H]1CO[C@H](c3cc(F)c(F)cc3F)[C@@H](N)C1)C2. The second kappa shape index (κ2) is 8.06. The summed E-state index contributed by atoms with van der Waals surface area (Å²) in [7, 11) is 0. The lowest BCUT2D eigenvalue weighted by molar-refractivity contribution is -0.0534. The monoisotopic (exact) mass is 410 g/mol. The van der Waals surface area contributed by atoms with Crippen LogP contribution in [0.5, 0.6) is 0 Å². The molecule has 1 fully saturated rings. The predicted molar refractivity (Wildman–Crippen MR) is 99.2 cm³/mol. The molecule has 0 amide bonds. The molecule has 3 heterocycles. The molecule has 2 aromatic rings. The van der Waals surface area contributed by atoms with Crippen molar-refractivity contribution in [1.82, 2.24) is 14.7 Å². The van der Waals surface area contributed by atoms with Gasteiger partial charge in [-0.2, -0.15) is 5.10 Å². The van der Waals surface area contributed by atoms with Gasteiger partial charge in [-0.15, -0.1) is 0 Å². The van der Waals surface area contributed by atoms with Gasteiger partial charge in [0, 0.05) is 48.6 Å². The summed E-state index contributed by atoms with van der Waals surface area (Å²) in [5.74, 6) is -3.20. The second-order valence-electron chi connectivity index (χ2n) is 7.89. The van der Waals surface area contributed by atoms with Crippen molar-refractivity contribution in [2.45, 2.75) is 63.7 Å². The average Bonchev–Trinajstić information content (AvgIpc) is 3.23. The summed E-state index contributed by atoms with van der Waals surface area (Å²) in [4.78, 5) is 2.20. The van der Waals surface area contributed by atoms with Crippen LogP contribution in [0.15, 0.2) is 18.3 Å². The minimum absolute atomic E-state index is 0.0264. The largest absolute Gasteiger partial charge is 0.391 e. The quantitative estimate of drug-likeness (QED) is 0.740. The van der Waals surface area contributed by atoms with Crippen molar-refractivity contribution in [2.75, 3.05) is 6.61 Å². The van der Waals surface area contributed by atoms with Crippen molar-refractivity contribution < 1.29 is 23.0 Å². The van der Waals surface area contributed by atoms with Crippen molar-refractivity contribution in [2.24, 2.45) is 5.73 Å². The van der Waals surface area contributed by atoms with Crippen LogP contribution in [0.3, 0.4) is 0 Å². The van der Waals surface area contributed by atoms with E-state index in [0.717, 1.165) is 17.3 Å². The van der Waals surface area contributed by atoms with Gasteiger partial charge in [0.15, 0.2) is 11.6 Å². The number of ether oxygens (including phenoxy) is 1. The number of hydrogen-bond acceptors (Lipinski definition) is 5. The van der Waals surface area contributed by atoms with E-state index < -0.39 is 35.7 Å². The molecule has 6 nitrogen and oxygen atoms in total. The van der Waals surface area contributed by atoms with E-state index in [2.05, 4.69) is 10.00 Å². The Bertz CT molecular complexity index is 867. The van der Waals surface area contributed by atoms with Crippen molar-refractivity contribution in [3.05, 3.63) is 52.6 Å². The average molecular weight is 410 g/mol. The molecule has 4 atom stereocenters. The highest BCUT2D eigenvalue weighted by Crippen LogP contribution is 2.34. The van der Waals surface area contributed by atoms with E-state index >= 15 is 0 Å². The lowest BCUT2D eigenvalue weighted by atomic mass is 9.93. The number of hydrogen-bond donors (Lipinski definition) is 2. The molecule has 0 spiro atoms. The highest BCUT2D eigenvalue weighted by Gasteiger charge is 2.37. The summed E-state index contributed by atoms with van der Waals surface area (Å²) < 4.78 is 48.4. The zero-order chi connectivity index (χ0) is 20.7. The number of benzene rings is 1. The van der Waals surface area contributed by atoms with Gasteiger partial charge in [0.25, 0.3) is 0 Å². The van der Waals surface area contributed by atoms with Gasteiger partial charge in [-0.25, -0.2) is 13.2 Å². The zero-order valence-electron chi connectivity index (χ0n) is 16.2. The van der Waals surface area contributed by atoms with Gasteiger partial charge >= 0.3 is 0 Å². The molecule has 4 rings (SSSR count). The third-order valence-electron chi connectivity index (χ3n) is 5.78. The maximum absolute atomic E-state index is 14.1. The first-order valence-corrected chi connectivity index (χ1v) is 9.84. The van der Waals surface area contributed by atoms with Crippen molar-refractivity contribution in [1.29, 1.82) is 0 Å². The predicted octanol–water partition coefficient (Wildman–Crippen LogP) is 2.24. The molecular formula is C20H25F3N4O2. The van der Waals surface area contributed by atoms with Crippen molar-refractivity contribution in [3.8, 4) is 0 Å². The molecule has 0 aliphatic carbocycles. The van der Waals surface area contributed by atoms with E-state index in [1.54, 1.807) is 4.68 Å². The van der Waals surface area contributed by atoms with E-state index in [4.69, 9.17) is 10.5 Å². The van der Waals surface area contributed by atoms with E-state index in [-0.39, 0.29) is 11.6 Å². The number of aromatic nitrogens is 2. The Kier molecular flexibility index (Phi) is 5.65. The highest BCUT2D eigenvalue weighted by molar-refractivity contribution is 5.25. The Hall–Kier alpha value is -1.94. The summed E-state index contributed by atoms with van der Waals surface area (Å²) >= 11 is 0. The number of rotatable bonds is 5. The minimum Gasteiger partial charge on any atom is -0.391 e. The van der Waals surface area contributed by atoms with Crippen LogP contribution in [0.25, 0.3) is 0 Å². The molecule has 29 heavy (non-hydrogen) atoms. The molecule has 1 aromatic carbocycles. The molecule has 0 radical (unpaired) electrons. The van der Waals surface area contributed by atoms with E-state index in [1.807, 2.05) is 13.1 Å². The van der Waals surface area contributed by atoms with Crippen LogP contribution >= 0.6 is 0 Å². The third kappa shape index (κ3) is 4.05. The summed E-state index contributed by atoms with van der Waals surface area (Å²) in [6, 6.07) is 0.841. The lowest BCUT2D eigenvalue weighted by Crippen LogP contribution is -2.47. The fourth-order valence-electron chi connectivity index (χ4n) is 4.11. The molecule has 0 bridgehead atoms. The summed E-state index contributed by atoms with van der Waals surface area (Å²) in [5, 5.41) is 14.3. The third-order valence-corrected chi connectivity index (χ3v) is 5.78. The Morgan fingerprint density at radius 3 is 2.69 bits per heavy atom. The van der Waals surface area contributed by atoms with Gasteiger partial charge in [0.1, 0.15) is 11.9 Å². The van der Waals surface area contributed by atoms with Crippen LogP contribution in [0, 0.1) is 17.5 Å². The van der Waals surface area contributed by atoms with Crippen LogP contribution in [0.2, 0.25) is 0 Å². The summed E-state index contributed by atoms with van der Waals surface area (Å²) in [6.45, 7) is 4.06. The minimum atomic E-state index is -1.23. The number of nitrogens with zero attached hydrogens (tertiary/aromatic N) is 3. The van der Waals surface area contributed by atoms with Gasteiger partial charge in [-0.1, -0.05) is 6.92 Å². The first kappa shape index (κ1) is 20.3. The standard InChI is InChI=1S/C20H25F3N4O2/c1-2-13(28)8-27-7-11-6-26(9-19(11)25-27)12-3-18(24)20(29-10-12)14-4-16(22)17(23)5-15(14)21/h4-5,7,12-13,18,20,28H,2-3,6,8-10,24H2,1H3/t12-,13+,18+,20-/m1/s1. The van der Waals surface area contributed by atoms with Crippen molar-refractivity contribution >= 4 is 0 Å². The van der Waals surface area contributed by atoms with E-state index in [9.17, 15) is 18.3 Å². The number of aliphatic hydroxyl groups is 1. The Labute approximate surface area is 167 Å². The molecule has 3 N–H and O–H groups in total. The highest BCUT2D eigenvalue weighted by atomic mass is 19.2. The van der Waals surface area contributed by atoms with Gasteiger partial charge in [0.05, 0.1) is 24.9 Å². The topological polar surface area (TPSA) is 76.5 Å². The van der Waals surface area contributed by atoms with Crippen molar-refractivity contribution in [3.63, 3.8) is 0 Å². The zero-order valence-corrected chi connectivity index (χ0v) is 16.2. The molecule has 9 heteroatoms. The summed E-state index contributed by atoms with van der Waals surface area (Å²) in [6.07, 6.45) is 1.95. The first-order chi connectivity index (χ1) is 13.9. The molecule has 0 unspecified atom stereocenters. The molecule has 2 aliphatic rings. The number of nitrogens with two attached hydrogens (primary N) is 1. The van der Waals surface area contributed by atoms with Gasteiger partial charge in [-0.05, 0) is 18.9 Å². The van der Waals surface area contributed by atoms with Crippen LogP contribution in [0.1, 0.15) is 42.7 Å². The fraction of sp³-hybridized carbons (Fsp3) is 0.550. The molecule has 0 saturated carbocycles. The summed E-state index contributed by atoms with van der Waals surface area (Å²) in [5.41, 5.74) is 8.24. The normalized spacial score (nSPS) is 25.9. The number of aliphatic hydroxyl groups excluding tert-OH is 1. The Morgan fingerprint density at radius 1 is 1.24 bits per heavy atom. The van der Waals surface area contributed by atoms with Gasteiger partial charge < -0.3 is 15.6 Å². The molecule has 1 saturated heterocycles. The molecular weight excluding hydrogens is 385 g/mol. The number of fused-ring (bicyclic) bond motifs is 1. The maximum Gasteiger partial charge on any atom is 0.161 e.